The van der Waals surface area contributed by atoms with Crippen molar-refractivity contribution in [3.8, 4) is 0 Å². The van der Waals surface area contributed by atoms with Crippen molar-refractivity contribution in [2.24, 2.45) is 0 Å². The molecule has 8 nitrogen and oxygen atoms in total. The maximum absolute atomic E-state index is 14.2. The molecule has 2 atom stereocenters. The fourth-order valence-corrected chi connectivity index (χ4v) is 6.19. The summed E-state index contributed by atoms with van der Waals surface area (Å²) >= 11 is 0. The van der Waals surface area contributed by atoms with Crippen LogP contribution in [0.3, 0.4) is 0 Å². The van der Waals surface area contributed by atoms with E-state index in [4.69, 9.17) is 4.74 Å². The van der Waals surface area contributed by atoms with Gasteiger partial charge in [0.1, 0.15) is 18.0 Å². The molecule has 4 aromatic rings. The van der Waals surface area contributed by atoms with Crippen LogP contribution >= 0.6 is 0 Å². The van der Waals surface area contributed by atoms with Crippen LogP contribution in [0.25, 0.3) is 10.8 Å². The summed E-state index contributed by atoms with van der Waals surface area (Å²) in [5.41, 5.74) is 2.77. The number of hydrogen-bond donors (Lipinski definition) is 0. The fraction of sp³-hybridized carbons (Fsp3) is 0.265. The van der Waals surface area contributed by atoms with E-state index in [1.54, 1.807) is 26.9 Å². The molecule has 3 amide bonds. The number of ether oxygens (including phenoxy) is 1. The fourth-order valence-electron chi connectivity index (χ4n) is 6.19. The van der Waals surface area contributed by atoms with E-state index in [2.05, 4.69) is 0 Å². The van der Waals surface area contributed by atoms with E-state index in [0.29, 0.717) is 25.9 Å². The van der Waals surface area contributed by atoms with Gasteiger partial charge in [0.2, 0.25) is 11.8 Å². The first-order valence-electron chi connectivity index (χ1n) is 14.4. The van der Waals surface area contributed by atoms with Crippen LogP contribution in [0.1, 0.15) is 16.7 Å². The Morgan fingerprint density at radius 3 is 2.37 bits per heavy atom. The molecule has 2 unspecified atom stereocenters. The number of methoxy groups -OCH3 is 1. The average molecular weight is 581 g/mol. The highest BCUT2D eigenvalue weighted by Crippen LogP contribution is 2.31. The Morgan fingerprint density at radius 2 is 1.60 bits per heavy atom. The Labute approximate surface area is 249 Å². The first-order valence-corrected chi connectivity index (χ1v) is 14.4. The third-order valence-corrected chi connectivity index (χ3v) is 8.28. The molecule has 0 aliphatic carbocycles. The monoisotopic (exact) mass is 580 g/mol. The van der Waals surface area contributed by atoms with Gasteiger partial charge in [0.15, 0.2) is 0 Å². The van der Waals surface area contributed by atoms with Gasteiger partial charge in [-0.25, -0.2) is 14.2 Å². The molecule has 2 saturated heterocycles. The second kappa shape index (κ2) is 12.2. The number of fused-ring (bicyclic) bond motifs is 2. The summed E-state index contributed by atoms with van der Waals surface area (Å²) in [5, 5.41) is 5.25. The second-order valence-electron chi connectivity index (χ2n) is 10.9. The zero-order chi connectivity index (χ0) is 29.9. The van der Waals surface area contributed by atoms with Crippen LogP contribution < -0.4 is 0 Å². The summed E-state index contributed by atoms with van der Waals surface area (Å²) in [6, 6.07) is 28.9. The van der Waals surface area contributed by atoms with Crippen molar-refractivity contribution in [2.75, 3.05) is 26.7 Å². The largest absolute Gasteiger partial charge is 0.452 e. The van der Waals surface area contributed by atoms with E-state index in [1.165, 1.54) is 24.3 Å². The zero-order valence-electron chi connectivity index (χ0n) is 23.9. The van der Waals surface area contributed by atoms with Crippen LogP contribution in [-0.4, -0.2) is 76.7 Å². The van der Waals surface area contributed by atoms with Gasteiger partial charge in [-0.05, 0) is 46.0 Å². The Balaban J connectivity index is 1.37. The topological polar surface area (TPSA) is 73.4 Å². The minimum atomic E-state index is -0.823. The molecule has 0 radical (unpaired) electrons. The van der Waals surface area contributed by atoms with Gasteiger partial charge < -0.3 is 14.5 Å². The lowest BCUT2D eigenvalue weighted by atomic mass is 9.94. The van der Waals surface area contributed by atoms with Gasteiger partial charge in [0, 0.05) is 19.5 Å². The molecule has 43 heavy (non-hydrogen) atoms. The number of amides is 3. The van der Waals surface area contributed by atoms with Crippen LogP contribution in [0.15, 0.2) is 97.1 Å². The summed E-state index contributed by atoms with van der Waals surface area (Å²) in [5.74, 6) is -0.727. The first-order chi connectivity index (χ1) is 20.9. The lowest BCUT2D eigenvalue weighted by Crippen LogP contribution is -2.75. The Hall–Kier alpha value is -4.76. The minimum Gasteiger partial charge on any atom is -0.452 e. The molecule has 6 rings (SSSR count). The van der Waals surface area contributed by atoms with Gasteiger partial charge in [-0.1, -0.05) is 84.9 Å². The maximum atomic E-state index is 14.2. The predicted molar refractivity (Wildman–Crippen MR) is 160 cm³/mol. The molecule has 2 heterocycles. The summed E-state index contributed by atoms with van der Waals surface area (Å²) in [4.78, 5) is 44.7. The van der Waals surface area contributed by atoms with Gasteiger partial charge in [-0.2, -0.15) is 5.01 Å². The normalized spacial score (nSPS) is 19.1. The van der Waals surface area contributed by atoms with Crippen molar-refractivity contribution >= 4 is 28.7 Å². The highest BCUT2D eigenvalue weighted by molar-refractivity contribution is 5.92. The number of hydrazine groups is 1. The number of rotatable bonds is 7. The number of benzene rings is 4. The molecule has 0 bridgehead atoms. The predicted octanol–water partition coefficient (Wildman–Crippen LogP) is 4.63. The summed E-state index contributed by atoms with van der Waals surface area (Å²) < 4.78 is 18.7. The number of halogens is 1. The molecule has 0 saturated carbocycles. The molecule has 4 aromatic carbocycles. The third-order valence-electron chi connectivity index (χ3n) is 8.28. The molecule has 2 aliphatic heterocycles. The van der Waals surface area contributed by atoms with E-state index in [1.807, 2.05) is 72.8 Å². The Kier molecular flexibility index (Phi) is 8.07. The number of piperazine rings is 1. The quantitative estimate of drug-likeness (QED) is 0.319. The molecule has 0 aromatic heterocycles. The average Bonchev–Trinajstić information content (AvgIpc) is 3.02. The summed E-state index contributed by atoms with van der Waals surface area (Å²) in [6.07, 6.45) is -0.568. The molecule has 2 fully saturated rings. The number of hydrogen-bond acceptors (Lipinski definition) is 5. The summed E-state index contributed by atoms with van der Waals surface area (Å²) in [6.45, 7) is 0.722. The van der Waals surface area contributed by atoms with Gasteiger partial charge in [-0.15, -0.1) is 0 Å². The molecule has 0 N–H and O–H groups in total. The van der Waals surface area contributed by atoms with Crippen molar-refractivity contribution in [1.82, 2.24) is 19.8 Å². The van der Waals surface area contributed by atoms with Crippen molar-refractivity contribution < 1.29 is 23.5 Å². The molecule has 220 valence electrons. The molecular formula is C34H33FN4O4. The van der Waals surface area contributed by atoms with Gasteiger partial charge in [0.25, 0.3) is 0 Å². The van der Waals surface area contributed by atoms with Gasteiger partial charge >= 0.3 is 6.09 Å². The molecular weight excluding hydrogens is 547 g/mol. The lowest BCUT2D eigenvalue weighted by molar-refractivity contribution is -0.195. The van der Waals surface area contributed by atoms with Crippen molar-refractivity contribution in [3.05, 3.63) is 120 Å². The SMILES string of the molecule is COC(=O)N1C2CN(CCc3ccc(F)cc3)C(=O)C(Cc3cccc4ccccc34)N2C(=O)CN1Cc1ccccc1. The van der Waals surface area contributed by atoms with E-state index in [0.717, 1.165) is 27.5 Å². The standard InChI is InChI=1S/C34H33FN4O4/c1-43-34(42)39-31-22-36(19-18-24-14-16-28(35)17-15-24)33(41)30(20-27-12-7-11-26-10-5-6-13-29(26)27)38(31)32(40)23-37(39)21-25-8-3-2-4-9-25/h2-17,30-31H,18-23H2,1H3. The number of nitrogens with zero attached hydrogens (tertiary/aromatic N) is 4. The van der Waals surface area contributed by atoms with Crippen molar-refractivity contribution in [1.29, 1.82) is 0 Å². The van der Waals surface area contributed by atoms with Crippen molar-refractivity contribution in [2.45, 2.75) is 31.6 Å². The maximum Gasteiger partial charge on any atom is 0.426 e. The van der Waals surface area contributed by atoms with Crippen LogP contribution in [-0.2, 0) is 33.7 Å². The summed E-state index contributed by atoms with van der Waals surface area (Å²) in [7, 11) is 1.32. The van der Waals surface area contributed by atoms with E-state index in [9.17, 15) is 18.8 Å². The molecule has 0 spiro atoms. The Bertz CT molecular complexity index is 1630. The van der Waals surface area contributed by atoms with E-state index >= 15 is 0 Å². The van der Waals surface area contributed by atoms with Crippen LogP contribution in [0.5, 0.6) is 0 Å². The van der Waals surface area contributed by atoms with Crippen molar-refractivity contribution in [3.63, 3.8) is 0 Å². The highest BCUT2D eigenvalue weighted by Gasteiger charge is 2.51. The van der Waals surface area contributed by atoms with Gasteiger partial charge in [-0.3, -0.25) is 9.59 Å². The van der Waals surface area contributed by atoms with E-state index < -0.39 is 18.3 Å². The molecule has 2 aliphatic rings. The second-order valence-corrected chi connectivity index (χ2v) is 10.9. The number of carbonyl (C=O) groups excluding carboxylic acids is 3. The van der Waals surface area contributed by atoms with Gasteiger partial charge in [0.05, 0.1) is 20.2 Å². The zero-order valence-corrected chi connectivity index (χ0v) is 23.9. The lowest BCUT2D eigenvalue weighted by Gasteiger charge is -2.54. The Morgan fingerprint density at radius 1 is 0.884 bits per heavy atom. The van der Waals surface area contributed by atoms with Crippen LogP contribution in [0, 0.1) is 5.82 Å². The smallest absolute Gasteiger partial charge is 0.426 e. The minimum absolute atomic E-state index is 0.0740. The third kappa shape index (κ3) is 5.81. The van der Waals surface area contributed by atoms with Crippen LogP contribution in [0.4, 0.5) is 9.18 Å². The first kappa shape index (κ1) is 28.4. The highest BCUT2D eigenvalue weighted by atomic mass is 19.1. The number of carbonyl (C=O) groups is 3. The van der Waals surface area contributed by atoms with Crippen LogP contribution in [0.2, 0.25) is 0 Å². The molecule has 9 heteroatoms. The van der Waals surface area contributed by atoms with E-state index in [-0.39, 0.29) is 30.7 Å².